The van der Waals surface area contributed by atoms with E-state index in [0.717, 1.165) is 0 Å². The minimum Gasteiger partial charge on any atom is -0.485 e. The Kier molecular flexibility index (Phi) is 8.65. The maximum absolute atomic E-state index is 13.6. The van der Waals surface area contributed by atoms with Gasteiger partial charge in [0.05, 0.1) is 35.9 Å². The molecule has 4 heterocycles. The number of fused-ring (bicyclic) bond motifs is 3. The van der Waals surface area contributed by atoms with Gasteiger partial charge in [0.2, 0.25) is 16.0 Å². The molecule has 3 atom stereocenters. The van der Waals surface area contributed by atoms with Gasteiger partial charge in [-0.1, -0.05) is 11.6 Å². The second-order valence-corrected chi connectivity index (χ2v) is 11.3. The fourth-order valence-electron chi connectivity index (χ4n) is 3.97. The Bertz CT molecular complexity index is 1350. The zero-order valence-electron chi connectivity index (χ0n) is 21.7. The van der Waals surface area contributed by atoms with E-state index in [9.17, 15) is 8.42 Å². The molecule has 0 radical (unpaired) electrons. The molecule has 0 saturated carbocycles. The number of nitrogens with zero attached hydrogens (tertiary/aromatic N) is 6. The topological polar surface area (TPSA) is 152 Å². The van der Waals surface area contributed by atoms with Crippen molar-refractivity contribution in [2.24, 2.45) is 0 Å². The van der Waals surface area contributed by atoms with E-state index in [1.807, 2.05) is 6.92 Å². The van der Waals surface area contributed by atoms with Gasteiger partial charge in [-0.25, -0.2) is 23.4 Å². The first-order chi connectivity index (χ1) is 18.2. The van der Waals surface area contributed by atoms with Crippen molar-refractivity contribution >= 4 is 27.6 Å². The van der Waals surface area contributed by atoms with E-state index in [1.165, 1.54) is 19.3 Å². The number of nitrogens with one attached hydrogen (secondary N) is 1. The molecule has 1 aliphatic heterocycles. The third-order valence-corrected chi connectivity index (χ3v) is 7.59. The van der Waals surface area contributed by atoms with Crippen LogP contribution in [-0.2, 0) is 19.5 Å². The first-order valence-corrected chi connectivity index (χ1v) is 13.9. The van der Waals surface area contributed by atoms with Gasteiger partial charge in [-0.3, -0.25) is 9.29 Å². The van der Waals surface area contributed by atoms with Gasteiger partial charge in [-0.15, -0.1) is 10.2 Å². The smallest absolute Gasteiger partial charge is 0.257 e. The fourth-order valence-corrected chi connectivity index (χ4v) is 5.16. The molecule has 206 valence electrons. The van der Waals surface area contributed by atoms with E-state index in [-0.39, 0.29) is 31.1 Å². The van der Waals surface area contributed by atoms with Gasteiger partial charge in [0.1, 0.15) is 18.0 Å². The van der Waals surface area contributed by atoms with E-state index in [4.69, 9.17) is 30.5 Å². The van der Waals surface area contributed by atoms with E-state index >= 15 is 0 Å². The predicted molar refractivity (Wildman–Crippen MR) is 139 cm³/mol. The molecular formula is C23H30ClN7O6S. The third-order valence-electron chi connectivity index (χ3n) is 5.70. The summed E-state index contributed by atoms with van der Waals surface area (Å²) < 4.78 is 54.5. The molecule has 1 aliphatic rings. The third kappa shape index (κ3) is 5.82. The first kappa shape index (κ1) is 28.0. The van der Waals surface area contributed by atoms with Crippen LogP contribution < -0.4 is 14.2 Å². The second-order valence-electron chi connectivity index (χ2n) is 8.78. The lowest BCUT2D eigenvalue weighted by Crippen LogP contribution is -2.35. The van der Waals surface area contributed by atoms with Crippen molar-refractivity contribution in [2.45, 2.75) is 51.2 Å². The largest absolute Gasteiger partial charge is 0.485 e. The second kappa shape index (κ2) is 11.8. The maximum atomic E-state index is 13.6. The molecule has 15 heteroatoms. The molecule has 0 bridgehead atoms. The van der Waals surface area contributed by atoms with Crippen LogP contribution in [0.3, 0.4) is 0 Å². The molecule has 38 heavy (non-hydrogen) atoms. The Balaban J connectivity index is 1.72. The van der Waals surface area contributed by atoms with Gasteiger partial charge in [-0.05, 0) is 33.8 Å². The van der Waals surface area contributed by atoms with Crippen molar-refractivity contribution in [3.63, 3.8) is 0 Å². The van der Waals surface area contributed by atoms with E-state index in [1.54, 1.807) is 37.8 Å². The highest BCUT2D eigenvalue weighted by Crippen LogP contribution is 2.41. The number of ether oxygens (including phenoxy) is 4. The number of aromatic nitrogens is 6. The number of halogens is 1. The number of hydrogen-bond donors (Lipinski definition) is 1. The average molecular weight is 568 g/mol. The lowest BCUT2D eigenvalue weighted by molar-refractivity contribution is 0.00154. The van der Waals surface area contributed by atoms with Gasteiger partial charge >= 0.3 is 0 Å². The van der Waals surface area contributed by atoms with Gasteiger partial charge in [-0.2, -0.15) is 0 Å². The normalized spacial score (nSPS) is 16.7. The number of pyridine rings is 1. The SMILES string of the molecule is CCOc1nccc2c1OC[C@H](COC)n1c(NS(=O)(=O)[C@@H](C)[C@H](OC(C)C)c3ncc(Cl)cn3)nnc1-2. The van der Waals surface area contributed by atoms with Crippen molar-refractivity contribution in [1.29, 1.82) is 0 Å². The van der Waals surface area contributed by atoms with Crippen LogP contribution in [-0.4, -0.2) is 76.4 Å². The molecule has 0 aliphatic carbocycles. The monoisotopic (exact) mass is 567 g/mol. The van der Waals surface area contributed by atoms with Crippen molar-refractivity contribution in [3.8, 4) is 23.0 Å². The van der Waals surface area contributed by atoms with Crippen LogP contribution in [0.15, 0.2) is 24.7 Å². The van der Waals surface area contributed by atoms with Crippen molar-refractivity contribution in [1.82, 2.24) is 29.7 Å². The Morgan fingerprint density at radius 2 is 1.95 bits per heavy atom. The highest BCUT2D eigenvalue weighted by molar-refractivity contribution is 7.93. The number of sulfonamides is 1. The summed E-state index contributed by atoms with van der Waals surface area (Å²) in [5, 5.41) is 7.69. The molecule has 13 nitrogen and oxygen atoms in total. The van der Waals surface area contributed by atoms with Crippen LogP contribution in [0.4, 0.5) is 5.95 Å². The molecule has 0 spiro atoms. The summed E-state index contributed by atoms with van der Waals surface area (Å²) in [4.78, 5) is 12.6. The van der Waals surface area contributed by atoms with Crippen LogP contribution in [0, 0.1) is 0 Å². The molecule has 4 rings (SSSR count). The number of anilines is 1. The fraction of sp³-hybridized carbons (Fsp3) is 0.522. The zero-order valence-corrected chi connectivity index (χ0v) is 23.2. The molecule has 0 saturated heterocycles. The Labute approximate surface area is 225 Å². The Hall–Kier alpha value is -3.07. The lowest BCUT2D eigenvalue weighted by atomic mass is 10.2. The van der Waals surface area contributed by atoms with Crippen LogP contribution in [0.25, 0.3) is 11.4 Å². The standard InChI is InChI=1S/C23H30ClN7O6S/c1-6-35-22-19-17(7-8-25-22)21-28-29-23(31(21)16(11-34-5)12-36-19)30-38(32,33)14(4)18(37-13(2)3)20-26-9-15(24)10-27-20/h7-10,13-14,16,18H,6,11-12H2,1-5H3,(H,29,30)/t14-,16-,18-/m0/s1. The van der Waals surface area contributed by atoms with Crippen LogP contribution in [0.2, 0.25) is 5.02 Å². The predicted octanol–water partition coefficient (Wildman–Crippen LogP) is 3.06. The first-order valence-electron chi connectivity index (χ1n) is 12.0. The summed E-state index contributed by atoms with van der Waals surface area (Å²) in [6, 6.07) is 1.25. The molecule has 0 unspecified atom stereocenters. The Morgan fingerprint density at radius 3 is 2.61 bits per heavy atom. The van der Waals surface area contributed by atoms with Crippen molar-refractivity contribution in [3.05, 3.63) is 35.5 Å². The number of rotatable bonds is 11. The minimum absolute atomic E-state index is 0.000411. The lowest BCUT2D eigenvalue weighted by Gasteiger charge is -2.26. The molecular weight excluding hydrogens is 538 g/mol. The van der Waals surface area contributed by atoms with Gasteiger partial charge < -0.3 is 18.9 Å². The zero-order chi connectivity index (χ0) is 27.4. The van der Waals surface area contributed by atoms with Gasteiger partial charge in [0.15, 0.2) is 17.4 Å². The van der Waals surface area contributed by atoms with Crippen LogP contribution in [0.1, 0.15) is 45.7 Å². The molecule has 3 aromatic heterocycles. The summed E-state index contributed by atoms with van der Waals surface area (Å²) in [5.41, 5.74) is 0.559. The summed E-state index contributed by atoms with van der Waals surface area (Å²) in [7, 11) is -2.55. The van der Waals surface area contributed by atoms with Gasteiger partial charge in [0, 0.05) is 25.7 Å². The average Bonchev–Trinajstić information content (AvgIpc) is 3.20. The summed E-state index contributed by atoms with van der Waals surface area (Å²) in [5.74, 6) is 1.28. The van der Waals surface area contributed by atoms with Crippen molar-refractivity contribution < 1.29 is 27.4 Å². The number of methoxy groups -OCH3 is 1. The quantitative estimate of drug-likeness (QED) is 0.363. The molecule has 0 aromatic carbocycles. The highest BCUT2D eigenvalue weighted by atomic mass is 35.5. The van der Waals surface area contributed by atoms with Crippen LogP contribution in [0.5, 0.6) is 11.6 Å². The number of hydrogen-bond acceptors (Lipinski definition) is 11. The minimum atomic E-state index is -4.09. The molecule has 0 amide bonds. The Morgan fingerprint density at radius 1 is 1.21 bits per heavy atom. The van der Waals surface area contributed by atoms with E-state index < -0.39 is 27.4 Å². The van der Waals surface area contributed by atoms with Crippen LogP contribution >= 0.6 is 11.6 Å². The van der Waals surface area contributed by atoms with E-state index in [2.05, 4.69) is 29.9 Å². The molecule has 1 N–H and O–H groups in total. The van der Waals surface area contributed by atoms with Gasteiger partial charge in [0.25, 0.3) is 5.88 Å². The molecule has 3 aromatic rings. The summed E-state index contributed by atoms with van der Waals surface area (Å²) in [6.07, 6.45) is 3.08. The molecule has 0 fully saturated rings. The maximum Gasteiger partial charge on any atom is 0.257 e. The van der Waals surface area contributed by atoms with E-state index in [0.29, 0.717) is 34.6 Å². The van der Waals surface area contributed by atoms with Crippen molar-refractivity contribution in [2.75, 3.05) is 31.7 Å². The highest BCUT2D eigenvalue weighted by Gasteiger charge is 2.37. The summed E-state index contributed by atoms with van der Waals surface area (Å²) in [6.45, 7) is 7.68. The summed E-state index contributed by atoms with van der Waals surface area (Å²) >= 11 is 5.92.